The Hall–Kier alpha value is -2.67. The summed E-state index contributed by atoms with van der Waals surface area (Å²) in [6.45, 7) is 3.12. The third kappa shape index (κ3) is 3.75. The molecule has 120 valence electrons. The number of aliphatic imine (C=N–C) groups is 1. The summed E-state index contributed by atoms with van der Waals surface area (Å²) in [6.07, 6.45) is 3.77. The second-order valence-electron chi connectivity index (χ2n) is 4.50. The minimum Gasteiger partial charge on any atom is -0.512 e. The molecule has 0 spiro atoms. The first-order valence-corrected chi connectivity index (χ1v) is 7.09. The van der Waals surface area contributed by atoms with Crippen molar-refractivity contribution in [2.75, 3.05) is 6.61 Å². The smallest absolute Gasteiger partial charge is 0.343 e. The van der Waals surface area contributed by atoms with Crippen molar-refractivity contribution in [1.82, 2.24) is 9.38 Å². The second-order valence-corrected chi connectivity index (χ2v) is 4.94. The van der Waals surface area contributed by atoms with Crippen LogP contribution in [-0.2, 0) is 9.53 Å². The molecule has 0 amide bonds. The summed E-state index contributed by atoms with van der Waals surface area (Å²) in [7, 11) is 0. The summed E-state index contributed by atoms with van der Waals surface area (Å²) in [5, 5.41) is 9.91. The fourth-order valence-corrected chi connectivity index (χ4v) is 1.93. The predicted octanol–water partition coefficient (Wildman–Crippen LogP) is 2.45. The molecular formula is C15H14ClN3O4. The van der Waals surface area contributed by atoms with Gasteiger partial charge < -0.3 is 9.84 Å². The lowest BCUT2D eigenvalue weighted by molar-refractivity contribution is -0.138. The first-order valence-electron chi connectivity index (χ1n) is 6.72. The number of carbonyl (C=O) groups is 1. The summed E-state index contributed by atoms with van der Waals surface area (Å²) in [6, 6.07) is 3.21. The number of aromatic nitrogens is 2. The minimum absolute atomic E-state index is 0.00665. The van der Waals surface area contributed by atoms with Gasteiger partial charge in [0, 0.05) is 12.4 Å². The number of aliphatic hydroxyl groups is 1. The zero-order valence-electron chi connectivity index (χ0n) is 12.5. The number of hydrogen-bond donors (Lipinski definition) is 1. The van der Waals surface area contributed by atoms with Crippen LogP contribution in [0.2, 0.25) is 5.02 Å². The van der Waals surface area contributed by atoms with Crippen LogP contribution in [0.4, 0.5) is 5.69 Å². The number of aliphatic hydroxyl groups excluding tert-OH is 1. The molecule has 0 radical (unpaired) electrons. The van der Waals surface area contributed by atoms with Crippen molar-refractivity contribution in [3.63, 3.8) is 0 Å². The predicted molar refractivity (Wildman–Crippen MR) is 86.6 cm³/mol. The van der Waals surface area contributed by atoms with E-state index in [0.29, 0.717) is 10.7 Å². The molecule has 2 aromatic rings. The first kappa shape index (κ1) is 16.7. The zero-order chi connectivity index (χ0) is 17.0. The Morgan fingerprint density at radius 1 is 1.52 bits per heavy atom. The standard InChI is InChI=1S/C15H14ClN3O4/c1-3-23-15(22)11(9(2)20)6-17-12-7-18-13-5-4-10(16)8-19(13)14(12)21/h4-8,20H,3H2,1-2H3/b11-9-,17-6?. The quantitative estimate of drug-likeness (QED) is 0.401. The third-order valence-corrected chi connectivity index (χ3v) is 3.09. The van der Waals surface area contributed by atoms with Gasteiger partial charge in [-0.2, -0.15) is 0 Å². The number of esters is 1. The Kier molecular flexibility index (Phi) is 5.13. The third-order valence-electron chi connectivity index (χ3n) is 2.87. The number of hydrogen-bond acceptors (Lipinski definition) is 6. The van der Waals surface area contributed by atoms with E-state index in [9.17, 15) is 14.7 Å². The lowest BCUT2D eigenvalue weighted by atomic mass is 10.2. The van der Waals surface area contributed by atoms with Gasteiger partial charge in [-0.3, -0.25) is 9.20 Å². The van der Waals surface area contributed by atoms with Crippen LogP contribution < -0.4 is 5.56 Å². The van der Waals surface area contributed by atoms with Gasteiger partial charge in [0.1, 0.15) is 22.7 Å². The molecule has 0 saturated heterocycles. The van der Waals surface area contributed by atoms with Crippen molar-refractivity contribution in [1.29, 1.82) is 0 Å². The van der Waals surface area contributed by atoms with Crippen LogP contribution in [0.5, 0.6) is 0 Å². The molecule has 0 aromatic carbocycles. The van der Waals surface area contributed by atoms with E-state index in [1.807, 2.05) is 0 Å². The van der Waals surface area contributed by atoms with Crippen molar-refractivity contribution in [2.24, 2.45) is 4.99 Å². The number of carbonyl (C=O) groups excluding carboxylic acids is 1. The molecule has 0 fully saturated rings. The number of nitrogens with zero attached hydrogens (tertiary/aromatic N) is 3. The molecule has 2 heterocycles. The fraction of sp³-hybridized carbons (Fsp3) is 0.200. The van der Waals surface area contributed by atoms with E-state index in [-0.39, 0.29) is 23.6 Å². The van der Waals surface area contributed by atoms with Crippen LogP contribution in [0, 0.1) is 0 Å². The molecule has 1 N–H and O–H groups in total. The van der Waals surface area contributed by atoms with Crippen molar-refractivity contribution in [3.8, 4) is 0 Å². The molecule has 0 aliphatic rings. The van der Waals surface area contributed by atoms with E-state index in [1.54, 1.807) is 19.1 Å². The molecule has 0 atom stereocenters. The van der Waals surface area contributed by atoms with Gasteiger partial charge in [0.2, 0.25) is 0 Å². The van der Waals surface area contributed by atoms with Crippen molar-refractivity contribution < 1.29 is 14.6 Å². The summed E-state index contributed by atoms with van der Waals surface area (Å²) < 4.78 is 6.05. The minimum atomic E-state index is -0.729. The van der Waals surface area contributed by atoms with Crippen LogP contribution in [0.15, 0.2) is 45.6 Å². The molecular weight excluding hydrogens is 322 g/mol. The highest BCUT2D eigenvalue weighted by Gasteiger charge is 2.12. The summed E-state index contributed by atoms with van der Waals surface area (Å²) >= 11 is 5.86. The Morgan fingerprint density at radius 3 is 2.91 bits per heavy atom. The van der Waals surface area contributed by atoms with Gasteiger partial charge in [-0.25, -0.2) is 14.8 Å². The molecule has 7 nitrogen and oxygen atoms in total. The van der Waals surface area contributed by atoms with Crippen LogP contribution in [0.3, 0.4) is 0 Å². The van der Waals surface area contributed by atoms with E-state index in [1.165, 1.54) is 23.7 Å². The van der Waals surface area contributed by atoms with Gasteiger partial charge in [-0.15, -0.1) is 0 Å². The molecule has 0 saturated carbocycles. The Balaban J connectivity index is 2.45. The largest absolute Gasteiger partial charge is 0.512 e. The molecule has 0 aliphatic carbocycles. The number of ether oxygens (including phenoxy) is 1. The van der Waals surface area contributed by atoms with E-state index in [0.717, 1.165) is 6.21 Å². The maximum Gasteiger partial charge on any atom is 0.343 e. The second kappa shape index (κ2) is 7.06. The SMILES string of the molecule is CCOC(=O)/C(C=Nc1cnc2ccc(Cl)cn2c1=O)=C(/C)O. The molecule has 0 unspecified atom stereocenters. The Morgan fingerprint density at radius 2 is 2.26 bits per heavy atom. The van der Waals surface area contributed by atoms with Crippen LogP contribution in [0.25, 0.3) is 5.65 Å². The van der Waals surface area contributed by atoms with Crippen LogP contribution in [0.1, 0.15) is 13.8 Å². The maximum atomic E-state index is 12.3. The number of rotatable bonds is 4. The molecule has 2 rings (SSSR count). The van der Waals surface area contributed by atoms with Crippen molar-refractivity contribution in [3.05, 3.63) is 51.2 Å². The van der Waals surface area contributed by atoms with E-state index < -0.39 is 11.5 Å². The molecule has 23 heavy (non-hydrogen) atoms. The summed E-state index contributed by atoms with van der Waals surface area (Å²) in [5.74, 6) is -0.989. The number of halogens is 1. The van der Waals surface area contributed by atoms with Crippen LogP contribution >= 0.6 is 11.6 Å². The topological polar surface area (TPSA) is 93.3 Å². The van der Waals surface area contributed by atoms with E-state index >= 15 is 0 Å². The summed E-state index contributed by atoms with van der Waals surface area (Å²) in [4.78, 5) is 32.0. The van der Waals surface area contributed by atoms with Gasteiger partial charge in [0.25, 0.3) is 5.56 Å². The van der Waals surface area contributed by atoms with Crippen molar-refractivity contribution >= 4 is 35.1 Å². The normalized spacial score (nSPS) is 12.5. The highest BCUT2D eigenvalue weighted by molar-refractivity contribution is 6.30. The lowest BCUT2D eigenvalue weighted by Gasteiger charge is -2.04. The number of fused-ring (bicyclic) bond motifs is 1. The lowest BCUT2D eigenvalue weighted by Crippen LogP contribution is -2.15. The van der Waals surface area contributed by atoms with Crippen LogP contribution in [-0.4, -0.2) is 33.3 Å². The van der Waals surface area contributed by atoms with Gasteiger partial charge in [0.15, 0.2) is 0 Å². The Labute approximate surface area is 136 Å². The Bertz CT molecular complexity index is 867. The highest BCUT2D eigenvalue weighted by atomic mass is 35.5. The average Bonchev–Trinajstić information content (AvgIpc) is 2.50. The first-order chi connectivity index (χ1) is 10.9. The molecule has 8 heteroatoms. The van der Waals surface area contributed by atoms with E-state index in [2.05, 4.69) is 9.98 Å². The summed E-state index contributed by atoms with van der Waals surface area (Å²) in [5.41, 5.74) is -0.180. The zero-order valence-corrected chi connectivity index (χ0v) is 13.2. The number of pyridine rings is 1. The molecule has 2 aromatic heterocycles. The monoisotopic (exact) mass is 335 g/mol. The van der Waals surface area contributed by atoms with Crippen molar-refractivity contribution in [2.45, 2.75) is 13.8 Å². The van der Waals surface area contributed by atoms with E-state index in [4.69, 9.17) is 16.3 Å². The highest BCUT2D eigenvalue weighted by Crippen LogP contribution is 2.11. The number of allylic oxidation sites excluding steroid dienone is 1. The maximum absolute atomic E-state index is 12.3. The fourth-order valence-electron chi connectivity index (χ4n) is 1.77. The molecule has 0 bridgehead atoms. The van der Waals surface area contributed by atoms with Gasteiger partial charge in [-0.1, -0.05) is 11.6 Å². The average molecular weight is 336 g/mol. The molecule has 0 aliphatic heterocycles. The van der Waals surface area contributed by atoms with Gasteiger partial charge in [-0.05, 0) is 26.0 Å². The van der Waals surface area contributed by atoms with Gasteiger partial charge >= 0.3 is 5.97 Å². The van der Waals surface area contributed by atoms with Gasteiger partial charge in [0.05, 0.1) is 17.8 Å².